The molecule has 92 valence electrons. The van der Waals surface area contributed by atoms with Crippen LogP contribution in [0.1, 0.15) is 30.4 Å². The maximum Gasteiger partial charge on any atom is 0.0586 e. The summed E-state index contributed by atoms with van der Waals surface area (Å²) in [6.45, 7) is 0. The van der Waals surface area contributed by atoms with E-state index in [4.69, 9.17) is 4.74 Å². The van der Waals surface area contributed by atoms with Gasteiger partial charge in [-0.15, -0.1) is 0 Å². The van der Waals surface area contributed by atoms with E-state index in [1.54, 1.807) is 0 Å². The molecular formula is C15H21NO. The van der Waals surface area contributed by atoms with Crippen molar-refractivity contribution < 1.29 is 4.74 Å². The molecule has 1 aromatic carbocycles. The molecule has 1 fully saturated rings. The Morgan fingerprint density at radius 2 is 1.76 bits per heavy atom. The highest BCUT2D eigenvalue weighted by Gasteiger charge is 2.28. The van der Waals surface area contributed by atoms with Gasteiger partial charge in [0, 0.05) is 19.2 Å². The molecular weight excluding hydrogens is 210 g/mol. The van der Waals surface area contributed by atoms with Crippen LogP contribution in [-0.2, 0) is 17.6 Å². The fourth-order valence-electron chi connectivity index (χ4n) is 3.32. The van der Waals surface area contributed by atoms with Crippen molar-refractivity contribution in [1.29, 1.82) is 0 Å². The lowest BCUT2D eigenvalue weighted by atomic mass is 10.1. The molecule has 17 heavy (non-hydrogen) atoms. The van der Waals surface area contributed by atoms with Gasteiger partial charge >= 0.3 is 0 Å². The smallest absolute Gasteiger partial charge is 0.0586 e. The summed E-state index contributed by atoms with van der Waals surface area (Å²) in [5.41, 5.74) is 3.07. The van der Waals surface area contributed by atoms with Crippen molar-refractivity contribution in [2.75, 3.05) is 7.11 Å². The van der Waals surface area contributed by atoms with Crippen LogP contribution in [0.5, 0.6) is 0 Å². The number of nitrogens with one attached hydrogen (secondary N) is 1. The monoisotopic (exact) mass is 231 g/mol. The maximum absolute atomic E-state index is 5.43. The number of hydrogen-bond donors (Lipinski definition) is 1. The Morgan fingerprint density at radius 1 is 1.06 bits per heavy atom. The fraction of sp³-hybridized carbons (Fsp3) is 0.600. The number of fused-ring (bicyclic) bond motifs is 1. The second-order valence-corrected chi connectivity index (χ2v) is 5.41. The topological polar surface area (TPSA) is 21.3 Å². The van der Waals surface area contributed by atoms with Gasteiger partial charge in [-0.1, -0.05) is 24.3 Å². The predicted molar refractivity (Wildman–Crippen MR) is 69.2 cm³/mol. The normalized spacial score (nSPS) is 28.5. The molecule has 0 aliphatic heterocycles. The molecule has 1 N–H and O–H groups in total. The Balaban J connectivity index is 1.56. The Labute approximate surface area is 103 Å². The lowest BCUT2D eigenvalue weighted by Gasteiger charge is -2.18. The standard InChI is InChI=1S/C15H21NO/c1-17-15-7-6-13(10-15)16-14-8-11-4-2-3-5-12(11)9-14/h2-5,13-16H,6-10H2,1H3. The summed E-state index contributed by atoms with van der Waals surface area (Å²) >= 11 is 0. The zero-order chi connectivity index (χ0) is 11.7. The summed E-state index contributed by atoms with van der Waals surface area (Å²) in [5.74, 6) is 0. The quantitative estimate of drug-likeness (QED) is 0.862. The summed E-state index contributed by atoms with van der Waals surface area (Å²) in [5, 5.41) is 3.81. The molecule has 0 saturated heterocycles. The van der Waals surface area contributed by atoms with Crippen molar-refractivity contribution in [2.45, 2.75) is 50.3 Å². The maximum atomic E-state index is 5.43. The minimum atomic E-state index is 0.483. The summed E-state index contributed by atoms with van der Waals surface area (Å²) in [6, 6.07) is 10.1. The molecule has 2 unspecified atom stereocenters. The van der Waals surface area contributed by atoms with E-state index >= 15 is 0 Å². The number of ether oxygens (including phenoxy) is 1. The van der Waals surface area contributed by atoms with Gasteiger partial charge < -0.3 is 10.1 Å². The molecule has 0 heterocycles. The third kappa shape index (κ3) is 2.38. The van der Waals surface area contributed by atoms with Gasteiger partial charge in [-0.25, -0.2) is 0 Å². The summed E-state index contributed by atoms with van der Waals surface area (Å²) in [7, 11) is 1.83. The van der Waals surface area contributed by atoms with Crippen LogP contribution in [0.3, 0.4) is 0 Å². The Kier molecular flexibility index (Phi) is 3.17. The number of rotatable bonds is 3. The van der Waals surface area contributed by atoms with Gasteiger partial charge in [0.2, 0.25) is 0 Å². The molecule has 0 bridgehead atoms. The molecule has 3 rings (SSSR count). The van der Waals surface area contributed by atoms with Crippen molar-refractivity contribution in [3.05, 3.63) is 35.4 Å². The highest BCUT2D eigenvalue weighted by Crippen LogP contribution is 2.26. The van der Waals surface area contributed by atoms with Crippen LogP contribution in [0.4, 0.5) is 0 Å². The van der Waals surface area contributed by atoms with E-state index in [1.807, 2.05) is 7.11 Å². The van der Waals surface area contributed by atoms with Gasteiger partial charge in [-0.05, 0) is 43.2 Å². The lowest BCUT2D eigenvalue weighted by molar-refractivity contribution is 0.106. The van der Waals surface area contributed by atoms with Crippen LogP contribution in [0.15, 0.2) is 24.3 Å². The van der Waals surface area contributed by atoms with Gasteiger partial charge in [0.05, 0.1) is 6.10 Å². The molecule has 1 aromatic rings. The van der Waals surface area contributed by atoms with Gasteiger partial charge in [-0.2, -0.15) is 0 Å². The van der Waals surface area contributed by atoms with E-state index in [9.17, 15) is 0 Å². The molecule has 0 radical (unpaired) electrons. The number of hydrogen-bond acceptors (Lipinski definition) is 2. The molecule has 2 heteroatoms. The Hall–Kier alpha value is -0.860. The fourth-order valence-corrected chi connectivity index (χ4v) is 3.32. The number of methoxy groups -OCH3 is 1. The zero-order valence-corrected chi connectivity index (χ0v) is 10.5. The lowest BCUT2D eigenvalue weighted by Crippen LogP contribution is -2.37. The van der Waals surface area contributed by atoms with Crippen LogP contribution in [0, 0.1) is 0 Å². The first-order valence-electron chi connectivity index (χ1n) is 6.71. The zero-order valence-electron chi connectivity index (χ0n) is 10.5. The van der Waals surface area contributed by atoms with Gasteiger partial charge in [-0.3, -0.25) is 0 Å². The molecule has 1 saturated carbocycles. The molecule has 0 spiro atoms. The third-order valence-electron chi connectivity index (χ3n) is 4.24. The molecule has 2 aliphatic carbocycles. The molecule has 2 aliphatic rings. The highest BCUT2D eigenvalue weighted by atomic mass is 16.5. The predicted octanol–water partition coefficient (Wildman–Crippen LogP) is 2.31. The van der Waals surface area contributed by atoms with Crippen molar-refractivity contribution in [2.24, 2.45) is 0 Å². The van der Waals surface area contributed by atoms with Crippen LogP contribution >= 0.6 is 0 Å². The largest absolute Gasteiger partial charge is 0.381 e. The van der Waals surface area contributed by atoms with E-state index in [0.717, 1.165) is 0 Å². The minimum absolute atomic E-state index is 0.483. The first-order chi connectivity index (χ1) is 8.35. The third-order valence-corrected chi connectivity index (χ3v) is 4.24. The average molecular weight is 231 g/mol. The SMILES string of the molecule is COC1CCC(NC2Cc3ccccc3C2)C1. The summed E-state index contributed by atoms with van der Waals surface area (Å²) in [6.07, 6.45) is 6.55. The van der Waals surface area contributed by atoms with Crippen molar-refractivity contribution in [1.82, 2.24) is 5.32 Å². The molecule has 0 aromatic heterocycles. The molecule has 0 amide bonds. The van der Waals surface area contributed by atoms with Gasteiger partial charge in [0.15, 0.2) is 0 Å². The van der Waals surface area contributed by atoms with Crippen LogP contribution < -0.4 is 5.32 Å². The Bertz CT molecular complexity index is 365. The van der Waals surface area contributed by atoms with E-state index in [1.165, 1.54) is 43.2 Å². The van der Waals surface area contributed by atoms with Crippen LogP contribution in [-0.4, -0.2) is 25.3 Å². The van der Waals surface area contributed by atoms with Crippen LogP contribution in [0.25, 0.3) is 0 Å². The van der Waals surface area contributed by atoms with E-state index in [0.29, 0.717) is 18.2 Å². The minimum Gasteiger partial charge on any atom is -0.381 e. The Morgan fingerprint density at radius 3 is 2.35 bits per heavy atom. The average Bonchev–Trinajstić information content (AvgIpc) is 2.94. The van der Waals surface area contributed by atoms with Crippen LogP contribution in [0.2, 0.25) is 0 Å². The van der Waals surface area contributed by atoms with E-state index in [2.05, 4.69) is 29.6 Å². The van der Waals surface area contributed by atoms with Gasteiger partial charge in [0.1, 0.15) is 0 Å². The van der Waals surface area contributed by atoms with E-state index in [-0.39, 0.29) is 0 Å². The second-order valence-electron chi connectivity index (χ2n) is 5.41. The first kappa shape index (κ1) is 11.2. The van der Waals surface area contributed by atoms with Crippen molar-refractivity contribution in [3.63, 3.8) is 0 Å². The highest BCUT2D eigenvalue weighted by molar-refractivity contribution is 5.33. The van der Waals surface area contributed by atoms with Crippen molar-refractivity contribution >= 4 is 0 Å². The first-order valence-corrected chi connectivity index (χ1v) is 6.71. The molecule has 2 nitrogen and oxygen atoms in total. The van der Waals surface area contributed by atoms with Gasteiger partial charge in [0.25, 0.3) is 0 Å². The summed E-state index contributed by atoms with van der Waals surface area (Å²) in [4.78, 5) is 0. The number of benzene rings is 1. The van der Waals surface area contributed by atoms with Crippen molar-refractivity contribution in [3.8, 4) is 0 Å². The second kappa shape index (κ2) is 4.79. The summed E-state index contributed by atoms with van der Waals surface area (Å²) < 4.78 is 5.43. The molecule has 2 atom stereocenters. The van der Waals surface area contributed by atoms with E-state index < -0.39 is 0 Å².